The van der Waals surface area contributed by atoms with E-state index in [1.165, 1.54) is 107 Å². The zero-order valence-corrected chi connectivity index (χ0v) is 87.0. The van der Waals surface area contributed by atoms with Crippen molar-refractivity contribution in [2.75, 3.05) is 0 Å². The molecule has 0 unspecified atom stereocenters. The number of carbonyl (C=O) groups excluding carboxylic acids is 2. The Kier molecular flexibility index (Phi) is 33.1. The lowest BCUT2D eigenvalue weighted by Gasteiger charge is -2.47. The van der Waals surface area contributed by atoms with Gasteiger partial charge in [0.05, 0.1) is 48.1 Å². The van der Waals surface area contributed by atoms with E-state index in [0.29, 0.717) is 48.3 Å². The smallest absolute Gasteiger partial charge is 0.192 e. The summed E-state index contributed by atoms with van der Waals surface area (Å²) in [6, 6.07) is 0. The summed E-state index contributed by atoms with van der Waals surface area (Å²) >= 11 is 1.69. The maximum Gasteiger partial charge on any atom is 0.192 e. The highest BCUT2D eigenvalue weighted by atomic mass is 32.1. The van der Waals surface area contributed by atoms with Crippen LogP contribution in [0.4, 0.5) is 0 Å². The summed E-state index contributed by atoms with van der Waals surface area (Å²) in [5, 5.41) is 35.4. The Balaban J connectivity index is 0.000000227. The number of aliphatic hydroxyl groups is 3. The van der Waals surface area contributed by atoms with E-state index in [-0.39, 0.29) is 89.9 Å². The van der Waals surface area contributed by atoms with Crippen LogP contribution in [0.15, 0.2) is 148 Å². The Hall–Kier alpha value is -3.56. The normalized spacial score (nSPS) is 33.3. The third-order valence-electron chi connectivity index (χ3n) is 34.6. The second kappa shape index (κ2) is 38.9. The van der Waals surface area contributed by atoms with Crippen molar-refractivity contribution in [1.82, 2.24) is 4.98 Å². The molecule has 0 radical (unpaired) electrons. The first-order valence-corrected chi connectivity index (χ1v) is 60.0. The molecule has 3 N–H and O–H groups in total. The average Bonchev–Trinajstić information content (AvgIpc) is 1.60. The van der Waals surface area contributed by atoms with Gasteiger partial charge < -0.3 is 33.0 Å². The van der Waals surface area contributed by atoms with Crippen LogP contribution >= 0.6 is 11.3 Å². The molecular weight excluding hydrogens is 1590 g/mol. The third-order valence-corrected chi connectivity index (χ3v) is 53.9. The van der Waals surface area contributed by atoms with Crippen LogP contribution in [0.1, 0.15) is 311 Å². The molecule has 1 aromatic rings. The van der Waals surface area contributed by atoms with E-state index < -0.39 is 51.6 Å². The minimum Gasteiger partial charge on any atom is -0.413 e. The molecule has 0 spiro atoms. The molecule has 16 atom stereocenters. The van der Waals surface area contributed by atoms with Crippen LogP contribution < -0.4 is 0 Å². The van der Waals surface area contributed by atoms with Crippen molar-refractivity contribution in [3.63, 3.8) is 0 Å². The predicted molar refractivity (Wildman–Crippen MR) is 530 cm³/mol. The molecule has 686 valence electrons. The number of fused-ring (bicyclic) bond motifs is 3. The summed E-state index contributed by atoms with van der Waals surface area (Å²) in [6.07, 6.45) is 51.7. The van der Waals surface area contributed by atoms with Gasteiger partial charge in [0.1, 0.15) is 17.6 Å². The first-order chi connectivity index (χ1) is 55.6. The maximum atomic E-state index is 11.2. The van der Waals surface area contributed by atoms with Crippen LogP contribution in [0.2, 0.25) is 72.5 Å². The van der Waals surface area contributed by atoms with E-state index in [1.807, 2.05) is 6.92 Å². The molecule has 0 bridgehead atoms. The second-order valence-corrected chi connectivity index (χ2v) is 68.3. The van der Waals surface area contributed by atoms with Gasteiger partial charge >= 0.3 is 0 Å². The van der Waals surface area contributed by atoms with Gasteiger partial charge in [-0.2, -0.15) is 0 Å². The molecule has 0 aromatic carbocycles. The SMILES string of the molecule is C.C=C1/C(=C/C=C2\CCC[C@]3(C)[C@@H](C(C)(C)/C=C/C=O)CC[C@@H]23)C[C@@H](O[Si](C)(C)C(C)(C)C)C[C@@H]1O[Si](C)(C)C(C)(C)C.C=C1/C(=C\C=C2/CCC[C@]3(C)[C@@H](C(C)(C)/C=C/C=O)CC[C@@H]23)C[C@@H](O[Si](C)(C)C(C)(C)C)C[C@@H]1O[Si](C)(C)C(C)(C)C.C=C1/C(=C\C=C2/CCC[C@]3(C)[C@@H](C(C)(C)/C=C/[C@H](O)C4(c5nc(C)cs5)CC4)CC[C@@H]23)C[C@@H](O)C[C@@H]1O. The molecule has 1 heterocycles. The number of hydrogen-bond acceptors (Lipinski definition) is 11. The number of allylic oxidation sites excluding steroid dienone is 14. The van der Waals surface area contributed by atoms with Crippen molar-refractivity contribution in [3.8, 4) is 0 Å². The largest absolute Gasteiger partial charge is 0.413 e. The van der Waals surface area contributed by atoms with Crippen molar-refractivity contribution in [2.45, 2.75) is 428 Å². The highest BCUT2D eigenvalue weighted by molar-refractivity contribution is 7.09. The number of thiazole rings is 1. The Morgan fingerprint density at radius 2 is 0.795 bits per heavy atom. The number of nitrogens with zero attached hydrogens (tertiary/aromatic N) is 1. The lowest BCUT2D eigenvalue weighted by atomic mass is 9.57. The number of rotatable bonds is 22. The fourth-order valence-electron chi connectivity index (χ4n) is 23.2. The van der Waals surface area contributed by atoms with Gasteiger partial charge in [-0.15, -0.1) is 11.3 Å². The summed E-state index contributed by atoms with van der Waals surface area (Å²) in [6.45, 7) is 83.8. The van der Waals surface area contributed by atoms with Gasteiger partial charge in [-0.05, 0) is 321 Å². The molecule has 0 saturated heterocycles. The van der Waals surface area contributed by atoms with Crippen molar-refractivity contribution < 1.29 is 42.6 Å². The molecule has 15 heteroatoms. The molecule has 11 rings (SSSR count). The molecule has 10 fully saturated rings. The number of hydrogen-bond donors (Lipinski definition) is 3. The van der Waals surface area contributed by atoms with Gasteiger partial charge in [0, 0.05) is 30.3 Å². The van der Waals surface area contributed by atoms with Gasteiger partial charge in [0.2, 0.25) is 0 Å². The fraction of sp³-hybridized carbons (Fsp3) is 0.729. The van der Waals surface area contributed by atoms with Gasteiger partial charge in [-0.25, -0.2) is 4.98 Å². The first kappa shape index (κ1) is 104. The molecule has 1 aromatic heterocycles. The molecule has 10 saturated carbocycles. The molecule has 122 heavy (non-hydrogen) atoms. The van der Waals surface area contributed by atoms with Crippen LogP contribution in [0.25, 0.3) is 0 Å². The average molecular weight is 1770 g/mol. The van der Waals surface area contributed by atoms with Crippen LogP contribution in [0.5, 0.6) is 0 Å². The summed E-state index contributed by atoms with van der Waals surface area (Å²) in [4.78, 5) is 26.9. The third kappa shape index (κ3) is 23.1. The lowest BCUT2D eigenvalue weighted by molar-refractivity contribution is -0.104. The van der Waals surface area contributed by atoms with Crippen molar-refractivity contribution in [3.05, 3.63) is 159 Å². The van der Waals surface area contributed by atoms with Crippen molar-refractivity contribution >= 4 is 57.2 Å². The highest BCUT2D eigenvalue weighted by Crippen LogP contribution is 2.66. The zero-order valence-electron chi connectivity index (χ0n) is 82.2. The molecule has 0 aliphatic heterocycles. The fourth-order valence-corrected chi connectivity index (χ4v) is 29.6. The first-order valence-electron chi connectivity index (χ1n) is 47.5. The maximum absolute atomic E-state index is 11.2. The number of aldehydes is 2. The number of aliphatic hydroxyl groups excluding tert-OH is 3. The van der Waals surface area contributed by atoms with Gasteiger partial charge in [-0.3, -0.25) is 9.59 Å². The van der Waals surface area contributed by atoms with Gasteiger partial charge in [0.15, 0.2) is 33.3 Å². The monoisotopic (exact) mass is 1760 g/mol. The van der Waals surface area contributed by atoms with E-state index in [4.69, 9.17) is 22.7 Å². The lowest BCUT2D eigenvalue weighted by Crippen LogP contribution is -2.49. The van der Waals surface area contributed by atoms with Gasteiger partial charge in [-0.1, -0.05) is 250 Å². The number of aromatic nitrogens is 1. The van der Waals surface area contributed by atoms with E-state index >= 15 is 0 Å². The van der Waals surface area contributed by atoms with Crippen LogP contribution in [0, 0.1) is 74.9 Å². The molecular formula is C107H177NO9SSi4. The summed E-state index contributed by atoms with van der Waals surface area (Å²) in [5.41, 5.74) is 13.1. The zero-order chi connectivity index (χ0) is 90.5. The topological polar surface area (TPSA) is 145 Å². The van der Waals surface area contributed by atoms with Gasteiger partial charge in [0.25, 0.3) is 0 Å². The minimum absolute atomic E-state index is 0. The second-order valence-electron chi connectivity index (χ2n) is 48.4. The summed E-state index contributed by atoms with van der Waals surface area (Å²) in [7, 11) is -7.83. The van der Waals surface area contributed by atoms with Crippen molar-refractivity contribution in [2.24, 2.45) is 68.0 Å². The van der Waals surface area contributed by atoms with Crippen LogP contribution in [-0.4, -0.2) is 109 Å². The molecule has 0 amide bonds. The van der Waals surface area contributed by atoms with Crippen LogP contribution in [-0.2, 0) is 32.7 Å². The summed E-state index contributed by atoms with van der Waals surface area (Å²) < 4.78 is 28.2. The van der Waals surface area contributed by atoms with Crippen LogP contribution in [0.3, 0.4) is 0 Å². The number of carbonyl (C=O) groups is 2. The Morgan fingerprint density at radius 3 is 1.11 bits per heavy atom. The Morgan fingerprint density at radius 1 is 0.467 bits per heavy atom. The van der Waals surface area contributed by atoms with E-state index in [0.717, 1.165) is 90.5 Å². The van der Waals surface area contributed by atoms with E-state index in [1.54, 1.807) is 34.6 Å². The summed E-state index contributed by atoms with van der Waals surface area (Å²) in [5.74, 6) is 3.48. The Bertz CT molecular complexity index is 3980. The minimum atomic E-state index is -1.98. The van der Waals surface area contributed by atoms with Crippen molar-refractivity contribution in [1.29, 1.82) is 0 Å². The van der Waals surface area contributed by atoms with E-state index in [9.17, 15) is 24.9 Å². The quantitative estimate of drug-likeness (QED) is 0.0444. The predicted octanol–water partition coefficient (Wildman–Crippen LogP) is 29.1. The molecule has 10 nitrogen and oxygen atoms in total. The Labute approximate surface area is 754 Å². The molecule has 10 aliphatic rings. The molecule has 10 aliphatic carbocycles. The van der Waals surface area contributed by atoms with E-state index in [2.05, 4.69) is 284 Å². The number of aryl methyl sites for hydroxylation is 1. The highest BCUT2D eigenvalue weighted by Gasteiger charge is 2.58. The standard InChI is InChI=1S/2C37H64O3Si2.C32H45NO3S.CH4/c2*1-27-29(19-18-28-17-15-23-37(10)31(28)20-21-33(37)36(8,9)22-16-24-38)25-30(39-41(11,12)34(2,3)4)26-32(27)40-42(13,14)35(5,6)7;1-20-19-37-29(33-20)32(15-16-32)28(36)12-14-30(3,4)27-11-10-25-22(7-6-13-31(25,27)5)8-9-23-17-24(34)18-26(35)21(23)2;/h2*16,18-19,22,24,30-33H,1,15,17,20-21,23,25-26H2,2-14H3;8-9,12,14,19,24-28,34-36H,2,6-7,10-11,13,15-18H2,1,3-5H3;1H4/b22-16+,28-18+,29-19+;22-16+,28-18+,29-19-;14-12+,22-8+,23-9-;/t2*30-,31+,32+,33-,37+;24-,25+,26+,27-,28+,31+;/m111./s1.